The highest BCUT2D eigenvalue weighted by Gasteiger charge is 2.43. The summed E-state index contributed by atoms with van der Waals surface area (Å²) in [4.78, 5) is 2.50. The molecule has 0 radical (unpaired) electrons. The van der Waals surface area contributed by atoms with Crippen LogP contribution in [0.3, 0.4) is 0 Å². The van der Waals surface area contributed by atoms with Crippen molar-refractivity contribution in [2.75, 3.05) is 4.90 Å². The fourth-order valence-corrected chi connectivity index (χ4v) is 13.6. The van der Waals surface area contributed by atoms with E-state index < -0.39 is 0 Å². The number of thiophene rings is 2. The zero-order valence-corrected chi connectivity index (χ0v) is 37.3. The van der Waals surface area contributed by atoms with E-state index in [0.717, 1.165) is 11.4 Å². The molecule has 0 amide bonds. The summed E-state index contributed by atoms with van der Waals surface area (Å²) in [7, 11) is 0. The van der Waals surface area contributed by atoms with Crippen LogP contribution >= 0.6 is 22.7 Å². The number of hydrogen-bond donors (Lipinski definition) is 0. The van der Waals surface area contributed by atoms with Gasteiger partial charge in [0.2, 0.25) is 0 Å². The van der Waals surface area contributed by atoms with Gasteiger partial charge in [0.25, 0.3) is 0 Å². The number of fused-ring (bicyclic) bond motifs is 12. The average Bonchev–Trinajstić information content (AvgIpc) is 4.02. The van der Waals surface area contributed by atoms with Crippen LogP contribution in [0.4, 0.5) is 17.1 Å². The summed E-state index contributed by atoms with van der Waals surface area (Å²) in [5.41, 5.74) is 19.2. The standard InChI is InChI=1S/C60H43NS2/c1-59(2)49-21-8-5-14-42(49)47-34-52-48(35-51(47)59)56-50(60(52,3)4)22-13-23-53(56)61(38-30-26-36(27-31-38)40-17-11-19-45-43-15-6-9-24-54(43)62-57(40)45)39-32-28-37(29-33-39)41-18-12-20-46-44-16-7-10-25-55(44)63-58(41)46/h5-35H,1-4H3. The smallest absolute Gasteiger partial charge is 0.0543 e. The number of benzene rings is 9. The first-order valence-electron chi connectivity index (χ1n) is 22.0. The molecule has 1 nitrogen and oxygen atoms in total. The number of rotatable bonds is 5. The van der Waals surface area contributed by atoms with Gasteiger partial charge >= 0.3 is 0 Å². The highest BCUT2D eigenvalue weighted by Crippen LogP contribution is 2.59. The van der Waals surface area contributed by atoms with Gasteiger partial charge in [-0.1, -0.05) is 161 Å². The average molecular weight is 842 g/mol. The second-order valence-electron chi connectivity index (χ2n) is 18.4. The Morgan fingerprint density at radius 2 is 0.794 bits per heavy atom. The van der Waals surface area contributed by atoms with Crippen molar-refractivity contribution in [2.24, 2.45) is 0 Å². The second kappa shape index (κ2) is 13.4. The zero-order chi connectivity index (χ0) is 42.2. The van der Waals surface area contributed by atoms with Gasteiger partial charge in [-0.15, -0.1) is 22.7 Å². The minimum atomic E-state index is -0.178. The van der Waals surface area contributed by atoms with Gasteiger partial charge in [0.1, 0.15) is 0 Å². The lowest BCUT2D eigenvalue weighted by Crippen LogP contribution is -2.17. The Balaban J connectivity index is 0.991. The minimum absolute atomic E-state index is 0.0946. The maximum atomic E-state index is 2.55. The molecule has 0 fully saturated rings. The SMILES string of the molecule is CC1(C)c2ccccc2-c2cc3c(cc21)-c1c(N(c2ccc(-c4cccc5c4sc4ccccc45)cc2)c2ccc(-c4cccc5c4sc4ccccc45)cc2)cccc1C3(C)C. The van der Waals surface area contributed by atoms with Crippen molar-refractivity contribution in [3.63, 3.8) is 0 Å². The summed E-state index contributed by atoms with van der Waals surface area (Å²) in [6.07, 6.45) is 0. The molecule has 0 unspecified atom stereocenters. The van der Waals surface area contributed by atoms with Gasteiger partial charge in [-0.05, 0) is 116 Å². The minimum Gasteiger partial charge on any atom is -0.310 e. The molecule has 2 aliphatic carbocycles. The maximum Gasteiger partial charge on any atom is 0.0543 e. The summed E-state index contributed by atoms with van der Waals surface area (Å²) in [5.74, 6) is 0. The van der Waals surface area contributed by atoms with Gasteiger partial charge < -0.3 is 4.90 Å². The highest BCUT2D eigenvalue weighted by molar-refractivity contribution is 7.26. The molecule has 0 saturated heterocycles. The first-order valence-corrected chi connectivity index (χ1v) is 23.6. The molecule has 11 aromatic rings. The third kappa shape index (κ3) is 5.27. The van der Waals surface area contributed by atoms with Crippen LogP contribution in [0, 0.1) is 0 Å². The van der Waals surface area contributed by atoms with Crippen LogP contribution < -0.4 is 4.90 Å². The van der Waals surface area contributed by atoms with E-state index in [4.69, 9.17) is 0 Å². The molecule has 0 spiro atoms. The lowest BCUT2D eigenvalue weighted by Gasteiger charge is -2.29. The second-order valence-corrected chi connectivity index (χ2v) is 20.5. The van der Waals surface area contributed by atoms with E-state index in [0.29, 0.717) is 0 Å². The van der Waals surface area contributed by atoms with E-state index in [1.165, 1.54) is 113 Å². The quantitative estimate of drug-likeness (QED) is 0.167. The van der Waals surface area contributed by atoms with Crippen LogP contribution in [-0.2, 0) is 10.8 Å². The first-order chi connectivity index (χ1) is 30.8. The van der Waals surface area contributed by atoms with E-state index in [-0.39, 0.29) is 10.8 Å². The van der Waals surface area contributed by atoms with Crippen molar-refractivity contribution in [2.45, 2.75) is 38.5 Å². The molecule has 63 heavy (non-hydrogen) atoms. The van der Waals surface area contributed by atoms with Gasteiger partial charge in [-0.2, -0.15) is 0 Å². The Morgan fingerprint density at radius 1 is 0.349 bits per heavy atom. The van der Waals surface area contributed by atoms with Crippen molar-refractivity contribution in [1.29, 1.82) is 0 Å². The van der Waals surface area contributed by atoms with Crippen molar-refractivity contribution in [3.05, 3.63) is 210 Å². The van der Waals surface area contributed by atoms with Crippen LogP contribution in [-0.4, -0.2) is 0 Å². The summed E-state index contributed by atoms with van der Waals surface area (Å²) < 4.78 is 5.33. The van der Waals surface area contributed by atoms with Crippen molar-refractivity contribution >= 4 is 80.1 Å². The topological polar surface area (TPSA) is 3.24 Å². The van der Waals surface area contributed by atoms with E-state index in [2.05, 4.69) is 221 Å². The van der Waals surface area contributed by atoms with Crippen LogP contribution in [0.5, 0.6) is 0 Å². The molecular formula is C60H43NS2. The summed E-state index contributed by atoms with van der Waals surface area (Å²) >= 11 is 3.78. The lowest BCUT2D eigenvalue weighted by molar-refractivity contribution is 0.652. The number of anilines is 3. The molecule has 2 aromatic heterocycles. The Morgan fingerprint density at radius 3 is 1.40 bits per heavy atom. The fourth-order valence-electron chi connectivity index (χ4n) is 11.1. The molecule has 9 aromatic carbocycles. The zero-order valence-electron chi connectivity index (χ0n) is 35.7. The van der Waals surface area contributed by atoms with Crippen molar-refractivity contribution in [1.82, 2.24) is 0 Å². The Bertz CT molecular complexity index is 3520. The van der Waals surface area contributed by atoms with Crippen molar-refractivity contribution < 1.29 is 0 Å². The number of hydrogen-bond acceptors (Lipinski definition) is 3. The van der Waals surface area contributed by atoms with Crippen LogP contribution in [0.2, 0.25) is 0 Å². The van der Waals surface area contributed by atoms with Gasteiger partial charge in [0.15, 0.2) is 0 Å². The molecule has 3 heteroatoms. The number of nitrogens with zero attached hydrogens (tertiary/aromatic N) is 1. The van der Waals surface area contributed by atoms with E-state index in [1.54, 1.807) is 0 Å². The summed E-state index contributed by atoms with van der Waals surface area (Å²) in [6.45, 7) is 9.62. The molecule has 300 valence electrons. The fraction of sp³-hybridized carbons (Fsp3) is 0.100. The van der Waals surface area contributed by atoms with Crippen LogP contribution in [0.15, 0.2) is 188 Å². The molecule has 2 aliphatic rings. The highest BCUT2D eigenvalue weighted by atomic mass is 32.1. The Labute approximate surface area is 376 Å². The predicted octanol–water partition coefficient (Wildman–Crippen LogP) is 17.8. The maximum absolute atomic E-state index is 2.55. The first kappa shape index (κ1) is 36.8. The van der Waals surface area contributed by atoms with Crippen molar-refractivity contribution in [3.8, 4) is 44.5 Å². The molecule has 0 saturated carbocycles. The third-order valence-corrected chi connectivity index (χ3v) is 16.7. The normalized spacial score (nSPS) is 14.3. The third-order valence-electron chi connectivity index (χ3n) is 14.3. The Kier molecular flexibility index (Phi) is 7.81. The summed E-state index contributed by atoms with van der Waals surface area (Å²) in [5, 5.41) is 5.30. The van der Waals surface area contributed by atoms with Gasteiger partial charge in [0, 0.05) is 68.1 Å². The Hall–Kier alpha value is -6.78. The van der Waals surface area contributed by atoms with E-state index in [1.807, 2.05) is 22.7 Å². The van der Waals surface area contributed by atoms with E-state index >= 15 is 0 Å². The monoisotopic (exact) mass is 841 g/mol. The van der Waals surface area contributed by atoms with Crippen LogP contribution in [0.25, 0.3) is 84.9 Å². The lowest BCUT2D eigenvalue weighted by atomic mass is 9.79. The molecule has 0 N–H and O–H groups in total. The van der Waals surface area contributed by atoms with Gasteiger partial charge in [0.05, 0.1) is 5.69 Å². The molecule has 2 heterocycles. The van der Waals surface area contributed by atoms with Gasteiger partial charge in [-0.25, -0.2) is 0 Å². The molecule has 13 rings (SSSR count). The molecule has 0 bridgehead atoms. The molecule has 0 atom stereocenters. The van der Waals surface area contributed by atoms with Crippen LogP contribution in [0.1, 0.15) is 49.9 Å². The van der Waals surface area contributed by atoms with E-state index in [9.17, 15) is 0 Å². The molecular weight excluding hydrogens is 799 g/mol. The van der Waals surface area contributed by atoms with Gasteiger partial charge in [-0.3, -0.25) is 0 Å². The summed E-state index contributed by atoms with van der Waals surface area (Å²) in [6, 6.07) is 70.8. The largest absolute Gasteiger partial charge is 0.310 e. The molecule has 0 aliphatic heterocycles. The predicted molar refractivity (Wildman–Crippen MR) is 273 cm³/mol.